The minimum absolute atomic E-state index is 0.149. The van der Waals surface area contributed by atoms with Gasteiger partial charge in [-0.1, -0.05) is 20.8 Å². The second-order valence-electron chi connectivity index (χ2n) is 5.65. The van der Waals surface area contributed by atoms with Crippen molar-refractivity contribution in [2.45, 2.75) is 57.2 Å². The molecule has 0 aromatic rings. The predicted octanol–water partition coefficient (Wildman–Crippen LogP) is 2.28. The van der Waals surface area contributed by atoms with E-state index in [2.05, 4.69) is 20.8 Å². The fourth-order valence-corrected chi connectivity index (χ4v) is 2.87. The molecule has 1 amide bonds. The molecule has 1 N–H and O–H groups in total. The van der Waals surface area contributed by atoms with Gasteiger partial charge in [0.1, 0.15) is 0 Å². The number of amides is 1. The van der Waals surface area contributed by atoms with Crippen LogP contribution in [0.25, 0.3) is 0 Å². The van der Waals surface area contributed by atoms with E-state index in [1.807, 2.05) is 4.90 Å². The first-order valence-corrected chi connectivity index (χ1v) is 7.47. The molecular weight excluding hydrogens is 234 g/mol. The first-order chi connectivity index (χ1) is 7.94. The third-order valence-electron chi connectivity index (χ3n) is 3.02. The fraction of sp³-hybridized carbons (Fsp3) is 0.923. The van der Waals surface area contributed by atoms with Crippen molar-refractivity contribution in [3.63, 3.8) is 0 Å². The van der Waals surface area contributed by atoms with Crippen molar-refractivity contribution in [2.75, 3.05) is 18.9 Å². The molecule has 1 saturated heterocycles. The summed E-state index contributed by atoms with van der Waals surface area (Å²) in [7, 11) is 0. The Hall–Kier alpha value is -0.220. The number of likely N-dealkylation sites (tertiary alicyclic amines) is 1. The quantitative estimate of drug-likeness (QED) is 0.823. The molecule has 0 bridgehead atoms. The summed E-state index contributed by atoms with van der Waals surface area (Å²) in [4.78, 5) is 14.1. The van der Waals surface area contributed by atoms with Gasteiger partial charge in [0.15, 0.2) is 0 Å². The maximum absolute atomic E-state index is 12.1. The summed E-state index contributed by atoms with van der Waals surface area (Å²) in [6.45, 7) is 7.55. The van der Waals surface area contributed by atoms with E-state index in [0.29, 0.717) is 11.8 Å². The topological polar surface area (TPSA) is 40.5 Å². The molecule has 1 atom stereocenters. The van der Waals surface area contributed by atoms with Crippen LogP contribution in [0.4, 0.5) is 0 Å². The van der Waals surface area contributed by atoms with Gasteiger partial charge in [-0.25, -0.2) is 0 Å². The molecule has 1 heterocycles. The molecule has 1 aliphatic heterocycles. The largest absolute Gasteiger partial charge is 0.396 e. The number of thioether (sulfide) groups is 1. The molecule has 1 unspecified atom stereocenters. The normalized spacial score (nSPS) is 20.9. The molecule has 1 rings (SSSR count). The van der Waals surface area contributed by atoms with Crippen molar-refractivity contribution in [3.8, 4) is 0 Å². The van der Waals surface area contributed by atoms with E-state index in [0.717, 1.165) is 32.2 Å². The Labute approximate surface area is 109 Å². The van der Waals surface area contributed by atoms with E-state index >= 15 is 0 Å². The van der Waals surface area contributed by atoms with Crippen LogP contribution in [0, 0.1) is 0 Å². The first kappa shape index (κ1) is 14.8. The van der Waals surface area contributed by atoms with Crippen LogP contribution >= 0.6 is 11.8 Å². The number of aliphatic hydroxyl groups excluding tert-OH is 1. The van der Waals surface area contributed by atoms with Gasteiger partial charge in [-0.15, -0.1) is 11.8 Å². The zero-order valence-corrected chi connectivity index (χ0v) is 12.1. The Morgan fingerprint density at radius 3 is 2.76 bits per heavy atom. The second-order valence-corrected chi connectivity index (χ2v) is 7.45. The first-order valence-electron chi connectivity index (χ1n) is 6.48. The molecule has 17 heavy (non-hydrogen) atoms. The van der Waals surface area contributed by atoms with Crippen LogP contribution in [0.2, 0.25) is 0 Å². The molecule has 4 heteroatoms. The number of carbonyl (C=O) groups is 1. The summed E-state index contributed by atoms with van der Waals surface area (Å²) in [5.41, 5.74) is 0. The van der Waals surface area contributed by atoms with Gasteiger partial charge >= 0.3 is 0 Å². The molecule has 1 aliphatic rings. The van der Waals surface area contributed by atoms with Crippen LogP contribution in [0.15, 0.2) is 0 Å². The van der Waals surface area contributed by atoms with E-state index in [9.17, 15) is 4.79 Å². The fourth-order valence-electron chi connectivity index (χ4n) is 2.15. The van der Waals surface area contributed by atoms with Gasteiger partial charge in [0.25, 0.3) is 0 Å². The Balaban J connectivity index is 2.39. The maximum atomic E-state index is 12.1. The monoisotopic (exact) mass is 259 g/mol. The van der Waals surface area contributed by atoms with Gasteiger partial charge in [-0.2, -0.15) is 0 Å². The number of aliphatic hydroxyl groups is 1. The highest BCUT2D eigenvalue weighted by Gasteiger charge is 2.28. The van der Waals surface area contributed by atoms with Crippen molar-refractivity contribution in [3.05, 3.63) is 0 Å². The molecule has 0 saturated carbocycles. The molecule has 0 aromatic heterocycles. The van der Waals surface area contributed by atoms with E-state index in [1.54, 1.807) is 11.8 Å². The molecule has 0 aliphatic carbocycles. The summed E-state index contributed by atoms with van der Waals surface area (Å²) in [5, 5.41) is 8.85. The minimum atomic E-state index is 0.149. The van der Waals surface area contributed by atoms with Gasteiger partial charge in [0.05, 0.1) is 5.75 Å². The van der Waals surface area contributed by atoms with E-state index in [-0.39, 0.29) is 17.3 Å². The lowest BCUT2D eigenvalue weighted by atomic mass is 10.1. The van der Waals surface area contributed by atoms with E-state index < -0.39 is 0 Å². The van der Waals surface area contributed by atoms with Crippen LogP contribution in [0.3, 0.4) is 0 Å². The summed E-state index contributed by atoms with van der Waals surface area (Å²) in [6, 6.07) is 0.371. The Kier molecular flexibility index (Phi) is 5.80. The lowest BCUT2D eigenvalue weighted by Crippen LogP contribution is -2.37. The lowest BCUT2D eigenvalue weighted by molar-refractivity contribution is -0.129. The second kappa shape index (κ2) is 6.64. The van der Waals surface area contributed by atoms with Crippen LogP contribution in [0.5, 0.6) is 0 Å². The van der Waals surface area contributed by atoms with Crippen molar-refractivity contribution in [1.82, 2.24) is 4.90 Å². The predicted molar refractivity (Wildman–Crippen MR) is 73.3 cm³/mol. The molecular formula is C13H25NO2S. The van der Waals surface area contributed by atoms with Crippen LogP contribution < -0.4 is 0 Å². The standard InChI is InChI=1S/C13H25NO2S/c1-13(2,3)17-10-12(16)14-8-4-6-11(14)7-5-9-15/h11,15H,4-10H2,1-3H3. The highest BCUT2D eigenvalue weighted by Crippen LogP contribution is 2.26. The molecule has 3 nitrogen and oxygen atoms in total. The smallest absolute Gasteiger partial charge is 0.232 e. The van der Waals surface area contributed by atoms with Crippen molar-refractivity contribution in [1.29, 1.82) is 0 Å². The van der Waals surface area contributed by atoms with Gasteiger partial charge in [0, 0.05) is 23.9 Å². The third kappa shape index (κ3) is 5.30. The third-order valence-corrected chi connectivity index (χ3v) is 4.28. The highest BCUT2D eigenvalue weighted by molar-refractivity contribution is 8.01. The SMILES string of the molecule is CC(C)(C)SCC(=O)N1CCCC1CCCO. The van der Waals surface area contributed by atoms with Gasteiger partial charge in [0.2, 0.25) is 5.91 Å². The summed E-state index contributed by atoms with van der Waals surface area (Å²) in [6.07, 6.45) is 3.97. The van der Waals surface area contributed by atoms with E-state index in [4.69, 9.17) is 5.11 Å². The Morgan fingerprint density at radius 1 is 1.47 bits per heavy atom. The van der Waals surface area contributed by atoms with Crippen LogP contribution in [-0.2, 0) is 4.79 Å². The summed E-state index contributed by atoms with van der Waals surface area (Å²) < 4.78 is 0.149. The molecule has 1 fully saturated rings. The molecule has 0 aromatic carbocycles. The van der Waals surface area contributed by atoms with E-state index in [1.165, 1.54) is 0 Å². The van der Waals surface area contributed by atoms with Gasteiger partial charge in [-0.3, -0.25) is 4.79 Å². The number of carbonyl (C=O) groups excluding carboxylic acids is 1. The van der Waals surface area contributed by atoms with Crippen LogP contribution in [-0.4, -0.2) is 45.6 Å². The highest BCUT2D eigenvalue weighted by atomic mass is 32.2. The zero-order chi connectivity index (χ0) is 12.9. The minimum Gasteiger partial charge on any atom is -0.396 e. The number of rotatable bonds is 5. The lowest BCUT2D eigenvalue weighted by Gasteiger charge is -2.26. The average molecular weight is 259 g/mol. The van der Waals surface area contributed by atoms with Gasteiger partial charge in [-0.05, 0) is 25.7 Å². The number of nitrogens with zero attached hydrogens (tertiary/aromatic N) is 1. The molecule has 0 spiro atoms. The Bertz CT molecular complexity index is 250. The summed E-state index contributed by atoms with van der Waals surface area (Å²) in [5.74, 6) is 0.851. The van der Waals surface area contributed by atoms with Crippen molar-refractivity contribution >= 4 is 17.7 Å². The van der Waals surface area contributed by atoms with Crippen LogP contribution in [0.1, 0.15) is 46.5 Å². The number of hydrogen-bond donors (Lipinski definition) is 1. The number of hydrogen-bond acceptors (Lipinski definition) is 3. The molecule has 100 valence electrons. The summed E-state index contributed by atoms with van der Waals surface area (Å²) >= 11 is 1.71. The zero-order valence-electron chi connectivity index (χ0n) is 11.2. The van der Waals surface area contributed by atoms with Crippen molar-refractivity contribution in [2.24, 2.45) is 0 Å². The van der Waals surface area contributed by atoms with Gasteiger partial charge < -0.3 is 10.0 Å². The average Bonchev–Trinajstić information content (AvgIpc) is 2.70. The molecule has 0 radical (unpaired) electrons. The Morgan fingerprint density at radius 2 is 2.18 bits per heavy atom. The van der Waals surface area contributed by atoms with Crippen molar-refractivity contribution < 1.29 is 9.90 Å². The maximum Gasteiger partial charge on any atom is 0.232 e.